The maximum absolute atomic E-state index is 5.99. The van der Waals surface area contributed by atoms with Crippen LogP contribution in [0.1, 0.15) is 26.3 Å². The van der Waals surface area contributed by atoms with E-state index in [-0.39, 0.29) is 5.60 Å². The van der Waals surface area contributed by atoms with E-state index in [0.717, 1.165) is 5.56 Å². The van der Waals surface area contributed by atoms with Crippen molar-refractivity contribution in [2.45, 2.75) is 33.0 Å². The van der Waals surface area contributed by atoms with Crippen molar-refractivity contribution in [3.8, 4) is 11.6 Å². The van der Waals surface area contributed by atoms with Gasteiger partial charge < -0.3 is 9.47 Å². The normalized spacial score (nSPS) is 11.2. The third kappa shape index (κ3) is 4.74. The highest BCUT2D eigenvalue weighted by Crippen LogP contribution is 2.25. The lowest BCUT2D eigenvalue weighted by atomic mass is 10.2. The third-order valence-corrected chi connectivity index (χ3v) is 2.60. The monoisotopic (exact) mass is 291 g/mol. The van der Waals surface area contributed by atoms with Crippen LogP contribution in [-0.2, 0) is 6.61 Å². The van der Waals surface area contributed by atoms with Crippen LogP contribution >= 0.6 is 11.6 Å². The van der Waals surface area contributed by atoms with Gasteiger partial charge >= 0.3 is 0 Å². The van der Waals surface area contributed by atoms with Crippen LogP contribution in [0.15, 0.2) is 42.5 Å². The van der Waals surface area contributed by atoms with Crippen molar-refractivity contribution in [2.75, 3.05) is 0 Å². The van der Waals surface area contributed by atoms with Gasteiger partial charge in [0.1, 0.15) is 23.1 Å². The molecular formula is C16H18ClNO2. The topological polar surface area (TPSA) is 31.4 Å². The summed E-state index contributed by atoms with van der Waals surface area (Å²) >= 11 is 5.99. The van der Waals surface area contributed by atoms with Gasteiger partial charge in [-0.25, -0.2) is 4.98 Å². The molecule has 0 bridgehead atoms. The summed E-state index contributed by atoms with van der Waals surface area (Å²) in [4.78, 5) is 4.14. The fourth-order valence-electron chi connectivity index (χ4n) is 1.64. The average Bonchev–Trinajstić information content (AvgIpc) is 2.35. The van der Waals surface area contributed by atoms with Crippen molar-refractivity contribution >= 4 is 11.6 Å². The molecule has 0 fully saturated rings. The largest absolute Gasteiger partial charge is 0.489 e. The van der Waals surface area contributed by atoms with Crippen LogP contribution in [0.25, 0.3) is 0 Å². The lowest BCUT2D eigenvalue weighted by Crippen LogP contribution is -2.23. The molecule has 0 saturated carbocycles. The summed E-state index contributed by atoms with van der Waals surface area (Å²) in [6, 6.07) is 13.4. The van der Waals surface area contributed by atoms with Gasteiger partial charge in [-0.1, -0.05) is 41.9 Å². The molecule has 20 heavy (non-hydrogen) atoms. The molecule has 1 heterocycles. The predicted octanol–water partition coefficient (Wildman–Crippen LogP) is 4.49. The number of hydrogen-bond acceptors (Lipinski definition) is 3. The average molecular weight is 292 g/mol. The van der Waals surface area contributed by atoms with Gasteiger partial charge in [-0.3, -0.25) is 0 Å². The van der Waals surface area contributed by atoms with Crippen LogP contribution in [0, 0.1) is 0 Å². The smallest absolute Gasteiger partial charge is 0.218 e. The molecule has 2 rings (SSSR count). The van der Waals surface area contributed by atoms with Crippen molar-refractivity contribution in [1.82, 2.24) is 4.98 Å². The molecule has 0 atom stereocenters. The van der Waals surface area contributed by atoms with E-state index in [9.17, 15) is 0 Å². The Hall–Kier alpha value is -1.74. The summed E-state index contributed by atoms with van der Waals surface area (Å²) in [5.41, 5.74) is 0.771. The summed E-state index contributed by atoms with van der Waals surface area (Å²) in [6.45, 7) is 6.36. The number of rotatable bonds is 4. The van der Waals surface area contributed by atoms with Crippen LogP contribution in [0.2, 0.25) is 5.15 Å². The molecule has 1 aromatic carbocycles. The lowest BCUT2D eigenvalue weighted by Gasteiger charge is -2.20. The Bertz CT molecular complexity index is 564. The molecule has 0 saturated heterocycles. The number of pyridine rings is 1. The van der Waals surface area contributed by atoms with Gasteiger partial charge in [-0.15, -0.1) is 0 Å². The molecule has 0 unspecified atom stereocenters. The number of benzene rings is 1. The maximum Gasteiger partial charge on any atom is 0.218 e. The Labute approximate surface area is 124 Å². The van der Waals surface area contributed by atoms with Gasteiger partial charge in [-0.2, -0.15) is 0 Å². The van der Waals surface area contributed by atoms with E-state index in [1.807, 2.05) is 51.1 Å². The van der Waals surface area contributed by atoms with Gasteiger partial charge in [-0.05, 0) is 26.3 Å². The van der Waals surface area contributed by atoms with Crippen LogP contribution in [0.4, 0.5) is 0 Å². The van der Waals surface area contributed by atoms with Gasteiger partial charge in [0.25, 0.3) is 0 Å². The molecule has 0 aliphatic rings. The minimum atomic E-state index is -0.325. The second-order valence-electron chi connectivity index (χ2n) is 5.45. The van der Waals surface area contributed by atoms with Crippen molar-refractivity contribution in [3.05, 3.63) is 53.2 Å². The number of halogens is 1. The zero-order chi connectivity index (χ0) is 14.6. The maximum atomic E-state index is 5.99. The van der Waals surface area contributed by atoms with Crippen molar-refractivity contribution in [1.29, 1.82) is 0 Å². The molecule has 0 amide bonds. The van der Waals surface area contributed by atoms with E-state index < -0.39 is 0 Å². The number of ether oxygens (including phenoxy) is 2. The highest BCUT2D eigenvalue weighted by Gasteiger charge is 2.14. The summed E-state index contributed by atoms with van der Waals surface area (Å²) in [7, 11) is 0. The van der Waals surface area contributed by atoms with Gasteiger partial charge in [0.2, 0.25) is 5.88 Å². The van der Waals surface area contributed by atoms with E-state index in [0.29, 0.717) is 23.4 Å². The minimum absolute atomic E-state index is 0.325. The molecule has 2 aromatic rings. The van der Waals surface area contributed by atoms with E-state index in [4.69, 9.17) is 21.1 Å². The molecule has 106 valence electrons. The third-order valence-electron chi connectivity index (χ3n) is 2.40. The molecule has 1 aromatic heterocycles. The zero-order valence-electron chi connectivity index (χ0n) is 11.9. The summed E-state index contributed by atoms with van der Waals surface area (Å²) < 4.78 is 11.4. The first-order valence-corrected chi connectivity index (χ1v) is 6.83. The number of hydrogen-bond donors (Lipinski definition) is 0. The quantitative estimate of drug-likeness (QED) is 0.778. The van der Waals surface area contributed by atoms with E-state index in [2.05, 4.69) is 4.98 Å². The van der Waals surface area contributed by atoms with Crippen LogP contribution in [0.3, 0.4) is 0 Å². The Morgan fingerprint density at radius 1 is 1.10 bits per heavy atom. The van der Waals surface area contributed by atoms with Crippen LogP contribution < -0.4 is 9.47 Å². The fraction of sp³-hybridized carbons (Fsp3) is 0.312. The number of aromatic nitrogens is 1. The van der Waals surface area contributed by atoms with E-state index >= 15 is 0 Å². The lowest BCUT2D eigenvalue weighted by molar-refractivity contribution is 0.123. The molecule has 0 N–H and O–H groups in total. The first-order chi connectivity index (χ1) is 9.42. The minimum Gasteiger partial charge on any atom is -0.489 e. The Morgan fingerprint density at radius 2 is 1.80 bits per heavy atom. The zero-order valence-corrected chi connectivity index (χ0v) is 12.6. The summed E-state index contributed by atoms with van der Waals surface area (Å²) in [5, 5.41) is 0.356. The van der Waals surface area contributed by atoms with Crippen LogP contribution in [0.5, 0.6) is 11.6 Å². The van der Waals surface area contributed by atoms with Crippen molar-refractivity contribution < 1.29 is 9.47 Å². The van der Waals surface area contributed by atoms with Crippen molar-refractivity contribution in [3.63, 3.8) is 0 Å². The van der Waals surface area contributed by atoms with Crippen LogP contribution in [-0.4, -0.2) is 10.6 Å². The molecule has 4 heteroatoms. The van der Waals surface area contributed by atoms with E-state index in [1.165, 1.54) is 0 Å². The standard InChI is InChI=1S/C16H18ClNO2/c1-16(2,3)20-15-10-13(9-14(17)18-15)19-11-12-7-5-4-6-8-12/h4-10H,11H2,1-3H3. The Morgan fingerprint density at radius 3 is 2.45 bits per heavy atom. The molecular weight excluding hydrogens is 274 g/mol. The molecule has 3 nitrogen and oxygen atoms in total. The molecule has 0 spiro atoms. The first-order valence-electron chi connectivity index (χ1n) is 6.46. The SMILES string of the molecule is CC(C)(C)Oc1cc(OCc2ccccc2)cc(Cl)n1. The fourth-order valence-corrected chi connectivity index (χ4v) is 1.83. The van der Waals surface area contributed by atoms with E-state index in [1.54, 1.807) is 12.1 Å². The second-order valence-corrected chi connectivity index (χ2v) is 5.84. The van der Waals surface area contributed by atoms with Gasteiger partial charge in [0.15, 0.2) is 0 Å². The molecule has 0 radical (unpaired) electrons. The highest BCUT2D eigenvalue weighted by atomic mass is 35.5. The first kappa shape index (κ1) is 14.7. The van der Waals surface area contributed by atoms with Gasteiger partial charge in [0.05, 0.1) is 0 Å². The Kier molecular flexibility index (Phi) is 4.50. The molecule has 0 aliphatic heterocycles. The molecule has 0 aliphatic carbocycles. The summed E-state index contributed by atoms with van der Waals surface area (Å²) in [5.74, 6) is 1.11. The highest BCUT2D eigenvalue weighted by molar-refractivity contribution is 6.29. The number of nitrogens with zero attached hydrogens (tertiary/aromatic N) is 1. The second kappa shape index (κ2) is 6.14. The summed E-state index contributed by atoms with van der Waals surface area (Å²) in [6.07, 6.45) is 0. The predicted molar refractivity (Wildman–Crippen MR) is 80.4 cm³/mol. The Balaban J connectivity index is 2.08. The van der Waals surface area contributed by atoms with Gasteiger partial charge in [0, 0.05) is 12.1 Å². The van der Waals surface area contributed by atoms with Crippen molar-refractivity contribution in [2.24, 2.45) is 0 Å².